The molecular formula is C30H36FN3O4S. The van der Waals surface area contributed by atoms with Gasteiger partial charge in [-0.2, -0.15) is 0 Å². The number of hydrogen-bond acceptors (Lipinski definition) is 4. The van der Waals surface area contributed by atoms with Crippen LogP contribution in [0.1, 0.15) is 45.2 Å². The summed E-state index contributed by atoms with van der Waals surface area (Å²) in [6.07, 6.45) is 0.296. The van der Waals surface area contributed by atoms with Crippen molar-refractivity contribution in [1.29, 1.82) is 0 Å². The molecule has 0 bridgehead atoms. The molecule has 0 saturated carbocycles. The SMILES string of the molecule is CCC(C(=O)NC(C)(C)C)N(Cc1cccc(C)c1)C(=O)CN(c1ccccc1F)S(=O)(=O)c1ccccc1. The number of anilines is 1. The first-order valence-corrected chi connectivity index (χ1v) is 14.3. The van der Waals surface area contributed by atoms with E-state index in [4.69, 9.17) is 0 Å². The Morgan fingerprint density at radius 1 is 0.949 bits per heavy atom. The van der Waals surface area contributed by atoms with Gasteiger partial charge in [0.15, 0.2) is 0 Å². The molecule has 3 aromatic carbocycles. The Labute approximate surface area is 230 Å². The van der Waals surface area contributed by atoms with E-state index < -0.39 is 39.9 Å². The maximum atomic E-state index is 15.0. The van der Waals surface area contributed by atoms with E-state index in [2.05, 4.69) is 5.32 Å². The number of nitrogens with zero attached hydrogens (tertiary/aromatic N) is 2. The smallest absolute Gasteiger partial charge is 0.264 e. The van der Waals surface area contributed by atoms with Gasteiger partial charge in [-0.25, -0.2) is 12.8 Å². The number of carbonyl (C=O) groups excluding carboxylic acids is 2. The third-order valence-corrected chi connectivity index (χ3v) is 7.82. The normalized spacial score (nSPS) is 12.5. The number of sulfonamides is 1. The van der Waals surface area contributed by atoms with Crippen LogP contribution in [0.2, 0.25) is 0 Å². The lowest BCUT2D eigenvalue weighted by Gasteiger charge is -2.34. The Balaban J connectivity index is 2.08. The van der Waals surface area contributed by atoms with Crippen LogP contribution in [0.4, 0.5) is 10.1 Å². The quantitative estimate of drug-likeness (QED) is 0.381. The third kappa shape index (κ3) is 7.66. The molecule has 0 fully saturated rings. The second-order valence-corrected chi connectivity index (χ2v) is 12.3. The fraction of sp³-hybridized carbons (Fsp3) is 0.333. The van der Waals surface area contributed by atoms with Crippen LogP contribution in [-0.4, -0.2) is 43.3 Å². The van der Waals surface area contributed by atoms with E-state index in [1.54, 1.807) is 25.1 Å². The first-order chi connectivity index (χ1) is 18.3. The molecule has 9 heteroatoms. The highest BCUT2D eigenvalue weighted by molar-refractivity contribution is 7.92. The summed E-state index contributed by atoms with van der Waals surface area (Å²) in [5, 5.41) is 2.93. The molecule has 0 aliphatic rings. The van der Waals surface area contributed by atoms with Gasteiger partial charge in [-0.05, 0) is 63.9 Å². The third-order valence-electron chi connectivity index (χ3n) is 6.05. The minimum absolute atomic E-state index is 0.0765. The predicted octanol–water partition coefficient (Wildman–Crippen LogP) is 5.05. The van der Waals surface area contributed by atoms with E-state index in [1.807, 2.05) is 52.0 Å². The lowest BCUT2D eigenvalue weighted by Crippen LogP contribution is -2.55. The second-order valence-electron chi connectivity index (χ2n) is 10.5. The summed E-state index contributed by atoms with van der Waals surface area (Å²) in [7, 11) is -4.32. The number of rotatable bonds is 10. The van der Waals surface area contributed by atoms with Gasteiger partial charge in [-0.1, -0.05) is 67.1 Å². The van der Waals surface area contributed by atoms with E-state index in [9.17, 15) is 22.4 Å². The van der Waals surface area contributed by atoms with Gasteiger partial charge in [0, 0.05) is 12.1 Å². The summed E-state index contributed by atoms with van der Waals surface area (Å²) in [5.41, 5.74) is 0.969. The molecule has 7 nitrogen and oxygen atoms in total. The largest absolute Gasteiger partial charge is 0.350 e. The van der Waals surface area contributed by atoms with Crippen LogP contribution in [0.15, 0.2) is 83.8 Å². The molecule has 0 aliphatic heterocycles. The fourth-order valence-electron chi connectivity index (χ4n) is 4.27. The zero-order valence-electron chi connectivity index (χ0n) is 23.0. The van der Waals surface area contributed by atoms with Crippen LogP contribution in [0.5, 0.6) is 0 Å². The summed E-state index contributed by atoms with van der Waals surface area (Å²) in [4.78, 5) is 28.6. The standard InChI is InChI=1S/C30H36FN3O4S/c1-6-26(29(36)32-30(3,4)5)33(20-23-14-12-13-22(2)19-23)28(35)21-34(27-18-11-10-17-25(27)31)39(37,38)24-15-8-7-9-16-24/h7-19,26H,6,20-21H2,1-5H3,(H,32,36). The molecule has 0 saturated heterocycles. The number of aryl methyl sites for hydroxylation is 1. The second kappa shape index (κ2) is 12.4. The zero-order valence-corrected chi connectivity index (χ0v) is 23.8. The van der Waals surface area contributed by atoms with Crippen molar-refractivity contribution in [2.45, 2.75) is 64.1 Å². The van der Waals surface area contributed by atoms with Gasteiger partial charge in [0.2, 0.25) is 11.8 Å². The maximum absolute atomic E-state index is 15.0. The summed E-state index contributed by atoms with van der Waals surface area (Å²) in [6, 6.07) is 19.6. The topological polar surface area (TPSA) is 86.8 Å². The van der Waals surface area contributed by atoms with Crippen molar-refractivity contribution >= 4 is 27.5 Å². The van der Waals surface area contributed by atoms with E-state index in [0.29, 0.717) is 6.42 Å². The molecule has 0 radical (unpaired) electrons. The van der Waals surface area contributed by atoms with Crippen LogP contribution in [0.25, 0.3) is 0 Å². The number of para-hydroxylation sites is 1. The molecule has 0 heterocycles. The van der Waals surface area contributed by atoms with Crippen LogP contribution >= 0.6 is 0 Å². The number of hydrogen-bond donors (Lipinski definition) is 1. The Morgan fingerprint density at radius 2 is 1.59 bits per heavy atom. The van der Waals surface area contributed by atoms with Gasteiger partial charge < -0.3 is 10.2 Å². The van der Waals surface area contributed by atoms with Crippen molar-refractivity contribution < 1.29 is 22.4 Å². The lowest BCUT2D eigenvalue weighted by atomic mass is 10.0. The highest BCUT2D eigenvalue weighted by Crippen LogP contribution is 2.27. The Kier molecular flexibility index (Phi) is 9.50. The molecule has 1 N–H and O–H groups in total. The molecule has 1 unspecified atom stereocenters. The minimum Gasteiger partial charge on any atom is -0.350 e. The Hall–Kier alpha value is -3.72. The van der Waals surface area contributed by atoms with Gasteiger partial charge in [-0.15, -0.1) is 0 Å². The molecule has 0 aliphatic carbocycles. The summed E-state index contributed by atoms with van der Waals surface area (Å²) in [6.45, 7) is 8.63. The van der Waals surface area contributed by atoms with Crippen molar-refractivity contribution in [2.24, 2.45) is 0 Å². The average molecular weight is 554 g/mol. The lowest BCUT2D eigenvalue weighted by molar-refractivity contribution is -0.141. The molecule has 3 rings (SSSR count). The highest BCUT2D eigenvalue weighted by atomic mass is 32.2. The van der Waals surface area contributed by atoms with Crippen molar-refractivity contribution in [3.63, 3.8) is 0 Å². The van der Waals surface area contributed by atoms with Gasteiger partial charge >= 0.3 is 0 Å². The van der Waals surface area contributed by atoms with Crippen LogP contribution in [0.3, 0.4) is 0 Å². The van der Waals surface area contributed by atoms with E-state index >= 15 is 0 Å². The summed E-state index contributed by atoms with van der Waals surface area (Å²) < 4.78 is 43.2. The van der Waals surface area contributed by atoms with Gasteiger partial charge in [-0.3, -0.25) is 13.9 Å². The first-order valence-electron chi connectivity index (χ1n) is 12.8. The molecular weight excluding hydrogens is 517 g/mol. The minimum atomic E-state index is -4.32. The summed E-state index contributed by atoms with van der Waals surface area (Å²) >= 11 is 0. The zero-order chi connectivity index (χ0) is 28.8. The van der Waals surface area contributed by atoms with Gasteiger partial charge in [0.1, 0.15) is 18.4 Å². The van der Waals surface area contributed by atoms with Gasteiger partial charge in [0.25, 0.3) is 10.0 Å². The average Bonchev–Trinajstić information content (AvgIpc) is 2.87. The van der Waals surface area contributed by atoms with Crippen molar-refractivity contribution in [2.75, 3.05) is 10.8 Å². The predicted molar refractivity (Wildman–Crippen MR) is 151 cm³/mol. The molecule has 0 spiro atoms. The first kappa shape index (κ1) is 29.8. The Morgan fingerprint density at radius 3 is 2.18 bits per heavy atom. The molecule has 2 amide bonds. The van der Waals surface area contributed by atoms with E-state index in [0.717, 1.165) is 21.5 Å². The maximum Gasteiger partial charge on any atom is 0.264 e. The summed E-state index contributed by atoms with van der Waals surface area (Å²) in [5.74, 6) is -1.77. The molecule has 39 heavy (non-hydrogen) atoms. The van der Waals surface area contributed by atoms with Crippen molar-refractivity contribution in [3.05, 3.63) is 95.8 Å². The van der Waals surface area contributed by atoms with Gasteiger partial charge in [0.05, 0.1) is 10.6 Å². The Bertz CT molecular complexity index is 1400. The van der Waals surface area contributed by atoms with Crippen LogP contribution < -0.4 is 9.62 Å². The van der Waals surface area contributed by atoms with Crippen molar-refractivity contribution in [1.82, 2.24) is 10.2 Å². The number of carbonyl (C=O) groups is 2. The number of halogens is 1. The van der Waals surface area contributed by atoms with Crippen LogP contribution in [0, 0.1) is 12.7 Å². The monoisotopic (exact) mass is 553 g/mol. The number of nitrogens with one attached hydrogen (secondary N) is 1. The van der Waals surface area contributed by atoms with E-state index in [1.165, 1.54) is 35.2 Å². The number of amides is 2. The van der Waals surface area contributed by atoms with E-state index in [-0.39, 0.29) is 23.0 Å². The van der Waals surface area contributed by atoms with Crippen LogP contribution in [-0.2, 0) is 26.2 Å². The molecule has 1 atom stereocenters. The molecule has 208 valence electrons. The molecule has 3 aromatic rings. The number of benzene rings is 3. The molecule has 0 aromatic heterocycles. The highest BCUT2D eigenvalue weighted by Gasteiger charge is 2.35. The fourth-order valence-corrected chi connectivity index (χ4v) is 5.71. The van der Waals surface area contributed by atoms with Crippen molar-refractivity contribution in [3.8, 4) is 0 Å².